The molecule has 112 valence electrons. The van der Waals surface area contributed by atoms with Crippen LogP contribution in [0.4, 0.5) is 0 Å². The van der Waals surface area contributed by atoms with E-state index in [-0.39, 0.29) is 29.4 Å². The molecule has 1 atom stereocenters. The highest BCUT2D eigenvalue weighted by Gasteiger charge is 2.34. The Morgan fingerprint density at radius 3 is 2.36 bits per heavy atom. The molecule has 0 aliphatic carbocycles. The van der Waals surface area contributed by atoms with Gasteiger partial charge >= 0.3 is 0 Å². The van der Waals surface area contributed by atoms with E-state index in [1.165, 1.54) is 16.7 Å². The van der Waals surface area contributed by atoms with E-state index in [2.05, 4.69) is 15.2 Å². The van der Waals surface area contributed by atoms with Gasteiger partial charge in [0, 0.05) is 12.3 Å². The van der Waals surface area contributed by atoms with Gasteiger partial charge in [-0.15, -0.1) is 5.11 Å². The van der Waals surface area contributed by atoms with E-state index in [4.69, 9.17) is 0 Å². The minimum atomic E-state index is -0.541. The molecular weight excluding hydrogens is 304 g/mol. The van der Waals surface area contributed by atoms with Gasteiger partial charge in [0.05, 0.1) is 11.1 Å². The number of nitrogens with zero attached hydrogens (tertiary/aromatic N) is 4. The topological polar surface area (TPSA) is 91.5 Å². The van der Waals surface area contributed by atoms with E-state index in [1.807, 2.05) is 0 Å². The van der Waals surface area contributed by atoms with Gasteiger partial charge in [0.15, 0.2) is 0 Å². The largest absolute Gasteiger partial charge is 0.274 e. The predicted molar refractivity (Wildman–Crippen MR) is 81.0 cm³/mol. The van der Waals surface area contributed by atoms with Crippen molar-refractivity contribution in [2.75, 3.05) is 12.3 Å². The zero-order valence-corrected chi connectivity index (χ0v) is 12.5. The Kier molecular flexibility index (Phi) is 3.84. The lowest BCUT2D eigenvalue weighted by Gasteiger charge is -2.13. The van der Waals surface area contributed by atoms with Crippen LogP contribution in [0, 0.1) is 0 Å². The maximum atomic E-state index is 12.2. The Hall–Kier alpha value is -2.35. The molecule has 3 amide bonds. The number of fused-ring (bicyclic) bond motifs is 1. The van der Waals surface area contributed by atoms with Gasteiger partial charge in [-0.2, -0.15) is 10.1 Å². The van der Waals surface area contributed by atoms with Gasteiger partial charge in [0.1, 0.15) is 6.04 Å². The van der Waals surface area contributed by atoms with E-state index < -0.39 is 6.04 Å². The second kappa shape index (κ2) is 5.80. The maximum absolute atomic E-state index is 12.2. The SMILES string of the molecule is CC1N=NC(SCCN2C(=O)c3ccccc3C2=O)=NC1=O. The first-order chi connectivity index (χ1) is 10.6. The number of hydrogen-bond donors (Lipinski definition) is 0. The van der Waals surface area contributed by atoms with Crippen molar-refractivity contribution in [3.05, 3.63) is 35.4 Å². The Balaban J connectivity index is 1.61. The Labute approximate surface area is 130 Å². The number of amidine groups is 1. The number of carbonyl (C=O) groups excluding carboxylic acids is 3. The van der Waals surface area contributed by atoms with Crippen LogP contribution in [0.3, 0.4) is 0 Å². The number of amides is 3. The predicted octanol–water partition coefficient (Wildman–Crippen LogP) is 1.75. The number of rotatable bonds is 3. The molecule has 0 radical (unpaired) electrons. The molecule has 1 aromatic rings. The molecule has 2 heterocycles. The molecule has 1 unspecified atom stereocenters. The van der Waals surface area contributed by atoms with Crippen LogP contribution in [0.25, 0.3) is 0 Å². The molecule has 3 rings (SSSR count). The van der Waals surface area contributed by atoms with Crippen LogP contribution in [0.15, 0.2) is 39.5 Å². The number of azo groups is 1. The first kappa shape index (κ1) is 14.6. The average molecular weight is 316 g/mol. The van der Waals surface area contributed by atoms with Crippen LogP contribution in [-0.2, 0) is 4.79 Å². The van der Waals surface area contributed by atoms with Gasteiger partial charge in [-0.1, -0.05) is 23.9 Å². The summed E-state index contributed by atoms with van der Waals surface area (Å²) in [5.74, 6) is -0.514. The summed E-state index contributed by atoms with van der Waals surface area (Å²) in [4.78, 5) is 40.7. The average Bonchev–Trinajstić information content (AvgIpc) is 2.76. The highest BCUT2D eigenvalue weighted by atomic mass is 32.2. The molecule has 0 bridgehead atoms. The first-order valence-electron chi connectivity index (χ1n) is 6.69. The lowest BCUT2D eigenvalue weighted by Crippen LogP contribution is -2.32. The molecular formula is C14H12N4O3S. The van der Waals surface area contributed by atoms with Gasteiger partial charge < -0.3 is 0 Å². The zero-order chi connectivity index (χ0) is 15.7. The molecule has 0 fully saturated rings. The summed E-state index contributed by atoms with van der Waals surface area (Å²) in [5.41, 5.74) is 0.854. The van der Waals surface area contributed by atoms with Crippen molar-refractivity contribution in [2.45, 2.75) is 13.0 Å². The van der Waals surface area contributed by atoms with Crippen LogP contribution in [-0.4, -0.2) is 46.1 Å². The normalized spacial score (nSPS) is 20.4. The van der Waals surface area contributed by atoms with Crippen molar-refractivity contribution < 1.29 is 14.4 Å². The highest BCUT2D eigenvalue weighted by Crippen LogP contribution is 2.23. The molecule has 1 aromatic carbocycles. The fourth-order valence-corrected chi connectivity index (χ4v) is 2.84. The van der Waals surface area contributed by atoms with E-state index >= 15 is 0 Å². The monoisotopic (exact) mass is 316 g/mol. The molecule has 0 N–H and O–H groups in total. The standard InChI is InChI=1S/C14H12N4O3S/c1-8-11(19)15-14(17-16-8)22-7-6-18-12(20)9-4-2-3-5-10(9)13(18)21/h2-5,8H,6-7H2,1H3. The van der Waals surface area contributed by atoms with E-state index in [1.54, 1.807) is 31.2 Å². The molecule has 0 aromatic heterocycles. The molecule has 8 heteroatoms. The third-order valence-electron chi connectivity index (χ3n) is 3.30. The van der Waals surface area contributed by atoms with Crippen LogP contribution >= 0.6 is 11.8 Å². The van der Waals surface area contributed by atoms with E-state index in [0.29, 0.717) is 16.9 Å². The minimum absolute atomic E-state index is 0.231. The Morgan fingerprint density at radius 1 is 1.14 bits per heavy atom. The number of benzene rings is 1. The summed E-state index contributed by atoms with van der Waals surface area (Å²) in [6.07, 6.45) is 0. The lowest BCUT2D eigenvalue weighted by molar-refractivity contribution is -0.118. The van der Waals surface area contributed by atoms with Crippen molar-refractivity contribution in [2.24, 2.45) is 15.2 Å². The fourth-order valence-electron chi connectivity index (χ4n) is 2.13. The van der Waals surface area contributed by atoms with Crippen molar-refractivity contribution in [3.63, 3.8) is 0 Å². The number of hydrogen-bond acceptors (Lipinski definition) is 6. The first-order valence-corrected chi connectivity index (χ1v) is 7.68. The second-order valence-electron chi connectivity index (χ2n) is 4.78. The van der Waals surface area contributed by atoms with Crippen LogP contribution in [0.1, 0.15) is 27.6 Å². The summed E-state index contributed by atoms with van der Waals surface area (Å²) in [5, 5.41) is 7.88. The molecule has 0 saturated carbocycles. The Bertz CT molecular complexity index is 694. The molecule has 7 nitrogen and oxygen atoms in total. The van der Waals surface area contributed by atoms with Crippen molar-refractivity contribution in [3.8, 4) is 0 Å². The third-order valence-corrected chi connectivity index (χ3v) is 4.12. The molecule has 0 saturated heterocycles. The van der Waals surface area contributed by atoms with E-state index in [0.717, 1.165) is 0 Å². The zero-order valence-electron chi connectivity index (χ0n) is 11.7. The summed E-state index contributed by atoms with van der Waals surface area (Å²) >= 11 is 1.20. The van der Waals surface area contributed by atoms with Gasteiger partial charge in [-0.05, 0) is 19.1 Å². The number of carbonyl (C=O) groups is 3. The smallest absolute Gasteiger partial charge is 0.273 e. The number of thioether (sulfide) groups is 1. The summed E-state index contributed by atoms with van der Waals surface area (Å²) in [6, 6.07) is 6.20. The van der Waals surface area contributed by atoms with Crippen LogP contribution in [0.5, 0.6) is 0 Å². The fraction of sp³-hybridized carbons (Fsp3) is 0.286. The van der Waals surface area contributed by atoms with Gasteiger partial charge in [-0.3, -0.25) is 19.3 Å². The van der Waals surface area contributed by atoms with Gasteiger partial charge in [-0.25, -0.2) is 0 Å². The molecule has 22 heavy (non-hydrogen) atoms. The maximum Gasteiger partial charge on any atom is 0.274 e. The van der Waals surface area contributed by atoms with Crippen LogP contribution in [0.2, 0.25) is 0 Å². The number of aliphatic imine (C=N–C) groups is 1. The molecule has 0 spiro atoms. The number of imide groups is 1. The Morgan fingerprint density at radius 2 is 1.77 bits per heavy atom. The van der Waals surface area contributed by atoms with Gasteiger partial charge in [0.2, 0.25) is 5.17 Å². The highest BCUT2D eigenvalue weighted by molar-refractivity contribution is 8.13. The van der Waals surface area contributed by atoms with Crippen LogP contribution < -0.4 is 0 Å². The molecule has 2 aliphatic rings. The minimum Gasteiger partial charge on any atom is -0.273 e. The molecule has 2 aliphatic heterocycles. The third kappa shape index (κ3) is 2.57. The van der Waals surface area contributed by atoms with Gasteiger partial charge in [0.25, 0.3) is 17.7 Å². The van der Waals surface area contributed by atoms with Crippen molar-refractivity contribution in [1.29, 1.82) is 0 Å². The lowest BCUT2D eigenvalue weighted by atomic mass is 10.1. The van der Waals surface area contributed by atoms with Crippen molar-refractivity contribution in [1.82, 2.24) is 4.90 Å². The quantitative estimate of drug-likeness (QED) is 0.794. The summed E-state index contributed by atoms with van der Waals surface area (Å²) in [7, 11) is 0. The van der Waals surface area contributed by atoms with Crippen molar-refractivity contribution >= 4 is 34.7 Å². The summed E-state index contributed by atoms with van der Waals surface area (Å²) < 4.78 is 0. The summed E-state index contributed by atoms with van der Waals surface area (Å²) in [6.45, 7) is 1.85. The second-order valence-corrected chi connectivity index (χ2v) is 5.84. The van der Waals surface area contributed by atoms with E-state index in [9.17, 15) is 14.4 Å².